The van der Waals surface area contributed by atoms with E-state index in [0.717, 1.165) is 13.8 Å². The van der Waals surface area contributed by atoms with Crippen LogP contribution in [0.1, 0.15) is 19.4 Å². The lowest BCUT2D eigenvalue weighted by molar-refractivity contribution is -0.188. The largest absolute Gasteiger partial charge is 0.404 e. The SMILES string of the molecule is CC(=O)[C@@](C)(c1ccccc1)C(F)(F)F. The molecule has 0 heterocycles. The van der Waals surface area contributed by atoms with Crippen LogP contribution in [0.3, 0.4) is 0 Å². The molecule has 0 unspecified atom stereocenters. The molecule has 1 aromatic rings. The summed E-state index contributed by atoms with van der Waals surface area (Å²) in [5, 5.41) is 0. The summed E-state index contributed by atoms with van der Waals surface area (Å²) < 4.78 is 38.5. The van der Waals surface area contributed by atoms with Crippen molar-refractivity contribution in [3.8, 4) is 0 Å². The summed E-state index contributed by atoms with van der Waals surface area (Å²) in [5.41, 5.74) is -2.43. The molecule has 4 heteroatoms. The number of halogens is 3. The van der Waals surface area contributed by atoms with Gasteiger partial charge in [0.2, 0.25) is 0 Å². The average molecular weight is 216 g/mol. The highest BCUT2D eigenvalue weighted by atomic mass is 19.4. The molecule has 0 spiro atoms. The summed E-state index contributed by atoms with van der Waals surface area (Å²) in [6, 6.07) is 7.22. The number of alkyl halides is 3. The van der Waals surface area contributed by atoms with Crippen molar-refractivity contribution in [1.82, 2.24) is 0 Å². The first-order chi connectivity index (χ1) is 6.80. The number of Topliss-reactive ketones (excluding diaryl/α,β-unsaturated/α-hetero) is 1. The first kappa shape index (κ1) is 11.8. The number of carbonyl (C=O) groups is 1. The fourth-order valence-electron chi connectivity index (χ4n) is 1.34. The Labute approximate surface area is 85.9 Å². The molecule has 0 saturated carbocycles. The summed E-state index contributed by atoms with van der Waals surface area (Å²) in [7, 11) is 0. The zero-order valence-corrected chi connectivity index (χ0v) is 8.43. The van der Waals surface area contributed by atoms with E-state index >= 15 is 0 Å². The number of hydrogen-bond acceptors (Lipinski definition) is 1. The predicted molar refractivity (Wildman–Crippen MR) is 50.5 cm³/mol. The van der Waals surface area contributed by atoms with Gasteiger partial charge in [-0.1, -0.05) is 30.3 Å². The van der Waals surface area contributed by atoms with Crippen LogP contribution in [-0.4, -0.2) is 12.0 Å². The zero-order valence-electron chi connectivity index (χ0n) is 8.43. The molecule has 0 fully saturated rings. The minimum atomic E-state index is -4.57. The molecule has 1 nitrogen and oxygen atoms in total. The Balaban J connectivity index is 3.32. The minimum absolute atomic E-state index is 0.0231. The molecular formula is C11H11F3O. The van der Waals surface area contributed by atoms with Crippen LogP contribution in [0, 0.1) is 0 Å². The van der Waals surface area contributed by atoms with Crippen molar-refractivity contribution in [3.63, 3.8) is 0 Å². The number of hydrogen-bond donors (Lipinski definition) is 0. The summed E-state index contributed by atoms with van der Waals surface area (Å²) in [5.74, 6) is -0.902. The summed E-state index contributed by atoms with van der Waals surface area (Å²) in [6.07, 6.45) is -4.57. The molecule has 0 N–H and O–H groups in total. The predicted octanol–water partition coefficient (Wildman–Crippen LogP) is 3.10. The molecule has 1 atom stereocenters. The van der Waals surface area contributed by atoms with Crippen molar-refractivity contribution < 1.29 is 18.0 Å². The van der Waals surface area contributed by atoms with E-state index in [0.29, 0.717) is 0 Å². The second-order valence-electron chi connectivity index (χ2n) is 3.54. The van der Waals surface area contributed by atoms with Gasteiger partial charge >= 0.3 is 6.18 Å². The number of ketones is 1. The van der Waals surface area contributed by atoms with E-state index in [1.807, 2.05) is 0 Å². The van der Waals surface area contributed by atoms with Crippen LogP contribution in [0.15, 0.2) is 30.3 Å². The lowest BCUT2D eigenvalue weighted by atomic mass is 9.78. The van der Waals surface area contributed by atoms with Gasteiger partial charge in [0, 0.05) is 0 Å². The van der Waals surface area contributed by atoms with Crippen LogP contribution in [0.5, 0.6) is 0 Å². The van der Waals surface area contributed by atoms with Crippen molar-refractivity contribution in [2.75, 3.05) is 0 Å². The summed E-state index contributed by atoms with van der Waals surface area (Å²) in [4.78, 5) is 11.2. The Kier molecular flexibility index (Phi) is 2.88. The molecular weight excluding hydrogens is 205 g/mol. The third-order valence-corrected chi connectivity index (χ3v) is 2.62. The van der Waals surface area contributed by atoms with Crippen molar-refractivity contribution in [3.05, 3.63) is 35.9 Å². The number of benzene rings is 1. The molecule has 0 aliphatic heterocycles. The van der Waals surface area contributed by atoms with Crippen LogP contribution >= 0.6 is 0 Å². The maximum absolute atomic E-state index is 12.8. The fourth-order valence-corrected chi connectivity index (χ4v) is 1.34. The second-order valence-corrected chi connectivity index (χ2v) is 3.54. The van der Waals surface area contributed by atoms with E-state index in [-0.39, 0.29) is 5.56 Å². The van der Waals surface area contributed by atoms with E-state index < -0.39 is 17.4 Å². The molecule has 15 heavy (non-hydrogen) atoms. The maximum atomic E-state index is 12.8. The van der Waals surface area contributed by atoms with Gasteiger partial charge in [-0.3, -0.25) is 4.79 Å². The van der Waals surface area contributed by atoms with Gasteiger partial charge in [0.1, 0.15) is 11.2 Å². The number of carbonyl (C=O) groups excluding carboxylic acids is 1. The third-order valence-electron chi connectivity index (χ3n) is 2.62. The van der Waals surface area contributed by atoms with Gasteiger partial charge in [-0.05, 0) is 19.4 Å². The van der Waals surface area contributed by atoms with Gasteiger partial charge < -0.3 is 0 Å². The second kappa shape index (κ2) is 3.68. The normalized spacial score (nSPS) is 15.8. The van der Waals surface area contributed by atoms with E-state index in [1.54, 1.807) is 6.07 Å². The van der Waals surface area contributed by atoms with Gasteiger partial charge in [0.25, 0.3) is 0 Å². The van der Waals surface area contributed by atoms with Gasteiger partial charge in [-0.2, -0.15) is 13.2 Å². The first-order valence-electron chi connectivity index (χ1n) is 4.43. The van der Waals surface area contributed by atoms with E-state index in [4.69, 9.17) is 0 Å². The highest BCUT2D eigenvalue weighted by Gasteiger charge is 2.55. The smallest absolute Gasteiger partial charge is 0.299 e. The summed E-state index contributed by atoms with van der Waals surface area (Å²) >= 11 is 0. The van der Waals surface area contributed by atoms with Gasteiger partial charge in [-0.25, -0.2) is 0 Å². The average Bonchev–Trinajstić information content (AvgIpc) is 2.16. The highest BCUT2D eigenvalue weighted by molar-refractivity contribution is 5.88. The van der Waals surface area contributed by atoms with Gasteiger partial charge in [0.05, 0.1) is 0 Å². The van der Waals surface area contributed by atoms with Crippen LogP contribution in [0.4, 0.5) is 13.2 Å². The molecule has 0 aromatic heterocycles. The minimum Gasteiger partial charge on any atom is -0.299 e. The molecule has 0 saturated heterocycles. The highest BCUT2D eigenvalue weighted by Crippen LogP contribution is 2.41. The van der Waals surface area contributed by atoms with Gasteiger partial charge in [-0.15, -0.1) is 0 Å². The third kappa shape index (κ3) is 1.89. The fraction of sp³-hybridized carbons (Fsp3) is 0.364. The maximum Gasteiger partial charge on any atom is 0.404 e. The van der Waals surface area contributed by atoms with Gasteiger partial charge in [0.15, 0.2) is 0 Å². The van der Waals surface area contributed by atoms with Crippen LogP contribution < -0.4 is 0 Å². The zero-order chi connectivity index (χ0) is 11.7. The standard InChI is InChI=1S/C11H11F3O/c1-8(15)10(2,11(12,13)14)9-6-4-3-5-7-9/h3-7H,1-2H3/t10-/m0/s1. The van der Waals surface area contributed by atoms with Crippen molar-refractivity contribution >= 4 is 5.78 Å². The first-order valence-corrected chi connectivity index (χ1v) is 4.43. The Hall–Kier alpha value is -1.32. The van der Waals surface area contributed by atoms with Crippen molar-refractivity contribution in [2.45, 2.75) is 25.4 Å². The van der Waals surface area contributed by atoms with E-state index in [9.17, 15) is 18.0 Å². The Bertz CT molecular complexity index is 356. The molecule has 0 aliphatic carbocycles. The van der Waals surface area contributed by atoms with Crippen LogP contribution in [-0.2, 0) is 10.2 Å². The molecule has 1 aromatic carbocycles. The Morgan fingerprint density at radius 2 is 1.60 bits per heavy atom. The molecule has 0 bridgehead atoms. The Morgan fingerprint density at radius 3 is 1.93 bits per heavy atom. The Morgan fingerprint density at radius 1 is 1.13 bits per heavy atom. The van der Waals surface area contributed by atoms with E-state index in [1.165, 1.54) is 24.3 Å². The molecule has 82 valence electrons. The summed E-state index contributed by atoms with van der Waals surface area (Å²) in [6.45, 7) is 1.87. The monoisotopic (exact) mass is 216 g/mol. The molecule has 1 rings (SSSR count). The quantitative estimate of drug-likeness (QED) is 0.742. The molecule has 0 aliphatic rings. The molecule has 0 amide bonds. The van der Waals surface area contributed by atoms with Crippen LogP contribution in [0.2, 0.25) is 0 Å². The topological polar surface area (TPSA) is 17.1 Å². The number of rotatable bonds is 2. The van der Waals surface area contributed by atoms with Crippen molar-refractivity contribution in [1.29, 1.82) is 0 Å². The van der Waals surface area contributed by atoms with Crippen molar-refractivity contribution in [2.24, 2.45) is 0 Å². The lowest BCUT2D eigenvalue weighted by Gasteiger charge is -2.29. The van der Waals surface area contributed by atoms with E-state index in [2.05, 4.69) is 0 Å². The van der Waals surface area contributed by atoms with Crippen LogP contribution in [0.25, 0.3) is 0 Å². The lowest BCUT2D eigenvalue weighted by Crippen LogP contribution is -2.45. The molecule has 0 radical (unpaired) electrons.